The molecule has 0 N–H and O–H groups in total. The lowest BCUT2D eigenvalue weighted by Crippen LogP contribution is -2.57. The summed E-state index contributed by atoms with van der Waals surface area (Å²) in [6.07, 6.45) is 8.77. The van der Waals surface area contributed by atoms with Crippen molar-refractivity contribution in [2.75, 3.05) is 13.1 Å². The highest BCUT2D eigenvalue weighted by atomic mass is 16.2. The van der Waals surface area contributed by atoms with Crippen molar-refractivity contribution >= 4 is 11.8 Å². The fraction of sp³-hybridized carbons (Fsp3) is 0.611. The molecule has 2 amide bonds. The molecule has 122 valence electrons. The zero-order chi connectivity index (χ0) is 15.8. The number of carbonyl (C=O) groups excluding carboxylic acids is 2. The van der Waals surface area contributed by atoms with Crippen molar-refractivity contribution in [1.29, 1.82) is 0 Å². The van der Waals surface area contributed by atoms with Crippen molar-refractivity contribution in [2.45, 2.75) is 50.6 Å². The second-order valence-electron chi connectivity index (χ2n) is 7.06. The number of hydrogen-bond acceptors (Lipinski definition) is 3. The van der Waals surface area contributed by atoms with E-state index in [9.17, 15) is 9.59 Å². The third-order valence-electron chi connectivity index (χ3n) is 5.44. The molecule has 3 heterocycles. The quantitative estimate of drug-likeness (QED) is 0.852. The summed E-state index contributed by atoms with van der Waals surface area (Å²) >= 11 is 0. The molecule has 23 heavy (non-hydrogen) atoms. The molecule has 1 aromatic heterocycles. The van der Waals surface area contributed by atoms with Crippen LogP contribution in [0.4, 0.5) is 0 Å². The van der Waals surface area contributed by atoms with Crippen molar-refractivity contribution in [3.63, 3.8) is 0 Å². The van der Waals surface area contributed by atoms with Crippen LogP contribution in [0.2, 0.25) is 0 Å². The lowest BCUT2D eigenvalue weighted by molar-refractivity contribution is -0.144. The van der Waals surface area contributed by atoms with Crippen LogP contribution in [0.3, 0.4) is 0 Å². The van der Waals surface area contributed by atoms with Crippen molar-refractivity contribution in [3.05, 3.63) is 30.1 Å². The van der Waals surface area contributed by atoms with Crippen molar-refractivity contribution in [2.24, 2.45) is 5.92 Å². The third kappa shape index (κ3) is 2.96. The maximum Gasteiger partial charge on any atom is 0.227 e. The van der Waals surface area contributed by atoms with Crippen LogP contribution in [0.5, 0.6) is 0 Å². The van der Waals surface area contributed by atoms with Gasteiger partial charge in [-0.25, -0.2) is 0 Å². The number of likely N-dealkylation sites (tertiary alicyclic amines) is 2. The van der Waals surface area contributed by atoms with Crippen LogP contribution < -0.4 is 0 Å². The number of aromatic nitrogens is 1. The Morgan fingerprint density at radius 1 is 1.26 bits per heavy atom. The monoisotopic (exact) mass is 313 g/mol. The summed E-state index contributed by atoms with van der Waals surface area (Å²) in [6.45, 7) is 1.58. The predicted molar refractivity (Wildman–Crippen MR) is 85.5 cm³/mol. The van der Waals surface area contributed by atoms with Gasteiger partial charge in [0, 0.05) is 44.0 Å². The van der Waals surface area contributed by atoms with E-state index in [0.717, 1.165) is 31.5 Å². The zero-order valence-corrected chi connectivity index (χ0v) is 13.4. The molecule has 5 heteroatoms. The van der Waals surface area contributed by atoms with E-state index in [1.165, 1.54) is 12.8 Å². The number of carbonyl (C=O) groups is 2. The van der Waals surface area contributed by atoms with Gasteiger partial charge in [-0.2, -0.15) is 0 Å². The minimum atomic E-state index is 0.186. The molecule has 3 fully saturated rings. The van der Waals surface area contributed by atoms with E-state index in [2.05, 4.69) is 9.88 Å². The average molecular weight is 313 g/mol. The van der Waals surface area contributed by atoms with Gasteiger partial charge in [0.1, 0.15) is 0 Å². The highest BCUT2D eigenvalue weighted by Gasteiger charge is 2.45. The Labute approximate surface area is 136 Å². The minimum absolute atomic E-state index is 0.186. The number of amides is 2. The Morgan fingerprint density at radius 2 is 2.13 bits per heavy atom. The molecule has 1 saturated carbocycles. The Balaban J connectivity index is 1.40. The van der Waals surface area contributed by atoms with Gasteiger partial charge in [-0.3, -0.25) is 14.6 Å². The molecule has 4 rings (SSSR count). The SMILES string of the molecule is O=C(Cc1cccnc1)N1CC[C@H]2[C@H](CCC(=O)N2C2CC2)C1. The van der Waals surface area contributed by atoms with Crippen LogP contribution in [0, 0.1) is 5.92 Å². The van der Waals surface area contributed by atoms with Crippen LogP contribution in [-0.2, 0) is 16.0 Å². The first-order valence-corrected chi connectivity index (χ1v) is 8.70. The van der Waals surface area contributed by atoms with E-state index >= 15 is 0 Å². The summed E-state index contributed by atoms with van der Waals surface area (Å²) in [5, 5.41) is 0. The standard InChI is InChI=1S/C18H23N3O2/c22-17-6-3-14-12-20(9-7-16(14)21(17)15-4-5-15)18(23)10-13-2-1-8-19-11-13/h1-2,8,11,14-16H,3-7,9-10,12H2/t14-,16+/m1/s1. The fourth-order valence-electron chi connectivity index (χ4n) is 4.14. The summed E-state index contributed by atoms with van der Waals surface area (Å²) in [5.41, 5.74) is 0.970. The molecule has 0 spiro atoms. The van der Waals surface area contributed by atoms with E-state index in [1.54, 1.807) is 12.4 Å². The number of rotatable bonds is 3. The van der Waals surface area contributed by atoms with Crippen LogP contribution in [0.1, 0.15) is 37.7 Å². The number of fused-ring (bicyclic) bond motifs is 1. The van der Waals surface area contributed by atoms with Gasteiger partial charge in [0.2, 0.25) is 11.8 Å². The van der Waals surface area contributed by atoms with Gasteiger partial charge < -0.3 is 9.80 Å². The molecule has 0 unspecified atom stereocenters. The van der Waals surface area contributed by atoms with Crippen LogP contribution in [0.25, 0.3) is 0 Å². The highest BCUT2D eigenvalue weighted by Crippen LogP contribution is 2.39. The maximum atomic E-state index is 12.6. The molecule has 3 aliphatic rings. The molecule has 0 radical (unpaired) electrons. The summed E-state index contributed by atoms with van der Waals surface area (Å²) < 4.78 is 0. The van der Waals surface area contributed by atoms with E-state index < -0.39 is 0 Å². The largest absolute Gasteiger partial charge is 0.342 e. The molecule has 0 aromatic carbocycles. The number of pyridine rings is 1. The molecule has 1 aromatic rings. The summed E-state index contributed by atoms with van der Waals surface area (Å²) in [6, 6.07) is 4.68. The number of hydrogen-bond donors (Lipinski definition) is 0. The molecule has 5 nitrogen and oxygen atoms in total. The topological polar surface area (TPSA) is 53.5 Å². The minimum Gasteiger partial charge on any atom is -0.342 e. The summed E-state index contributed by atoms with van der Waals surface area (Å²) in [4.78, 5) is 33.0. The Bertz CT molecular complexity index is 600. The van der Waals surface area contributed by atoms with Crippen molar-refractivity contribution in [3.8, 4) is 0 Å². The molecule has 2 saturated heterocycles. The summed E-state index contributed by atoms with van der Waals surface area (Å²) in [5.74, 6) is 0.982. The van der Waals surface area contributed by atoms with E-state index in [1.807, 2.05) is 17.0 Å². The Morgan fingerprint density at radius 3 is 2.87 bits per heavy atom. The highest BCUT2D eigenvalue weighted by molar-refractivity contribution is 5.80. The maximum absolute atomic E-state index is 12.6. The Hall–Kier alpha value is -1.91. The van der Waals surface area contributed by atoms with Gasteiger partial charge in [-0.1, -0.05) is 6.07 Å². The number of nitrogens with zero attached hydrogens (tertiary/aromatic N) is 3. The molecule has 0 bridgehead atoms. The van der Waals surface area contributed by atoms with Crippen molar-refractivity contribution in [1.82, 2.24) is 14.8 Å². The van der Waals surface area contributed by atoms with E-state index in [0.29, 0.717) is 36.8 Å². The van der Waals surface area contributed by atoms with E-state index in [4.69, 9.17) is 0 Å². The van der Waals surface area contributed by atoms with Gasteiger partial charge in [-0.15, -0.1) is 0 Å². The average Bonchev–Trinajstić information content (AvgIpc) is 3.40. The Kier molecular flexibility index (Phi) is 3.79. The lowest BCUT2D eigenvalue weighted by Gasteiger charge is -2.47. The fourth-order valence-corrected chi connectivity index (χ4v) is 4.14. The first kappa shape index (κ1) is 14.7. The van der Waals surface area contributed by atoms with Crippen molar-refractivity contribution < 1.29 is 9.59 Å². The van der Waals surface area contributed by atoms with Crippen LogP contribution in [-0.4, -0.2) is 51.8 Å². The van der Waals surface area contributed by atoms with Gasteiger partial charge in [0.25, 0.3) is 0 Å². The summed E-state index contributed by atoms with van der Waals surface area (Å²) in [7, 11) is 0. The third-order valence-corrected chi connectivity index (χ3v) is 5.44. The first-order valence-electron chi connectivity index (χ1n) is 8.70. The second-order valence-corrected chi connectivity index (χ2v) is 7.06. The predicted octanol–water partition coefficient (Wildman–Crippen LogP) is 1.63. The number of piperidine rings is 2. The molecular weight excluding hydrogens is 290 g/mol. The van der Waals surface area contributed by atoms with Gasteiger partial charge in [0.15, 0.2) is 0 Å². The lowest BCUT2D eigenvalue weighted by atomic mass is 9.83. The first-order chi connectivity index (χ1) is 11.2. The van der Waals surface area contributed by atoms with E-state index in [-0.39, 0.29) is 5.91 Å². The van der Waals surface area contributed by atoms with Gasteiger partial charge in [-0.05, 0) is 43.2 Å². The zero-order valence-electron chi connectivity index (χ0n) is 13.4. The molecule has 1 aliphatic carbocycles. The van der Waals surface area contributed by atoms with Crippen LogP contribution >= 0.6 is 0 Å². The van der Waals surface area contributed by atoms with Gasteiger partial charge >= 0.3 is 0 Å². The molecule has 2 atom stereocenters. The molecular formula is C18H23N3O2. The smallest absolute Gasteiger partial charge is 0.227 e. The van der Waals surface area contributed by atoms with Crippen LogP contribution in [0.15, 0.2) is 24.5 Å². The molecule has 2 aliphatic heterocycles. The van der Waals surface area contributed by atoms with Gasteiger partial charge in [0.05, 0.1) is 6.42 Å². The second kappa shape index (κ2) is 5.95. The normalized spacial score (nSPS) is 27.7.